The summed E-state index contributed by atoms with van der Waals surface area (Å²) in [4.78, 5) is 12.1. The monoisotopic (exact) mass is 370 g/mol. The lowest BCUT2D eigenvalue weighted by molar-refractivity contribution is -0.124. The highest BCUT2D eigenvalue weighted by Crippen LogP contribution is 2.20. The molecule has 3 N–H and O–H groups in total. The third-order valence-corrected chi connectivity index (χ3v) is 3.97. The van der Waals surface area contributed by atoms with Gasteiger partial charge in [-0.2, -0.15) is 5.10 Å². The molecule has 2 aromatic rings. The third kappa shape index (κ3) is 5.26. The topological polar surface area (TPSA) is 82.2 Å². The van der Waals surface area contributed by atoms with E-state index >= 15 is 0 Å². The number of nitrogens with zero attached hydrogens (tertiary/aromatic N) is 2. The van der Waals surface area contributed by atoms with Crippen LogP contribution in [0.25, 0.3) is 5.69 Å². The molecule has 0 aliphatic rings. The van der Waals surface area contributed by atoms with Gasteiger partial charge in [0.15, 0.2) is 0 Å². The van der Waals surface area contributed by atoms with Gasteiger partial charge >= 0.3 is 0 Å². The second-order valence-corrected chi connectivity index (χ2v) is 5.66. The zero-order chi connectivity index (χ0) is 17.7. The number of ether oxygens (including phenoxy) is 1. The van der Waals surface area contributed by atoms with Crippen LogP contribution < -0.4 is 11.1 Å². The van der Waals surface area contributed by atoms with Crippen LogP contribution in [0.2, 0.25) is 0 Å². The van der Waals surface area contributed by atoms with Gasteiger partial charge in [0.2, 0.25) is 5.91 Å². The van der Waals surface area contributed by atoms with Gasteiger partial charge in [0.1, 0.15) is 5.82 Å². The molecule has 0 radical (unpaired) electrons. The fourth-order valence-electron chi connectivity index (χ4n) is 2.54. The molecule has 0 aliphatic carbocycles. The van der Waals surface area contributed by atoms with Crippen LogP contribution in [-0.2, 0) is 9.53 Å². The molecule has 1 aromatic carbocycles. The molecule has 0 saturated heterocycles. The van der Waals surface area contributed by atoms with Crippen LogP contribution in [0.4, 0.5) is 4.39 Å². The molecule has 0 fully saturated rings. The van der Waals surface area contributed by atoms with Gasteiger partial charge < -0.3 is 15.8 Å². The first-order valence-corrected chi connectivity index (χ1v) is 7.79. The van der Waals surface area contributed by atoms with Crippen LogP contribution in [0.3, 0.4) is 0 Å². The van der Waals surface area contributed by atoms with Crippen molar-refractivity contribution in [3.05, 3.63) is 47.5 Å². The molecule has 2 unspecified atom stereocenters. The fraction of sp³-hybridized carbons (Fsp3) is 0.412. The van der Waals surface area contributed by atoms with E-state index in [-0.39, 0.29) is 42.7 Å². The standard InChI is InChI=1S/C17H23FN4O2.ClH/c1-11(21-17(23)8-15(9-19)24-3)16-10-20-22(12(16)2)14-6-4-13(18)5-7-14;/h4-7,10-11,15H,8-9,19H2,1-3H3,(H,21,23);1H. The Morgan fingerprint density at radius 3 is 2.60 bits per heavy atom. The lowest BCUT2D eigenvalue weighted by atomic mass is 10.1. The van der Waals surface area contributed by atoms with Crippen LogP contribution in [0.1, 0.15) is 30.6 Å². The molecule has 0 spiro atoms. The van der Waals surface area contributed by atoms with Crippen molar-refractivity contribution in [2.24, 2.45) is 5.73 Å². The average molecular weight is 371 g/mol. The van der Waals surface area contributed by atoms with Crippen molar-refractivity contribution in [2.75, 3.05) is 13.7 Å². The van der Waals surface area contributed by atoms with Crippen molar-refractivity contribution in [3.63, 3.8) is 0 Å². The largest absolute Gasteiger partial charge is 0.380 e. The first-order valence-electron chi connectivity index (χ1n) is 7.79. The molecule has 1 heterocycles. The number of carbonyl (C=O) groups excluding carboxylic acids is 1. The first-order chi connectivity index (χ1) is 11.5. The number of aromatic nitrogens is 2. The lowest BCUT2D eigenvalue weighted by Gasteiger charge is -2.17. The number of rotatable bonds is 7. The van der Waals surface area contributed by atoms with Crippen molar-refractivity contribution in [1.82, 2.24) is 15.1 Å². The normalized spacial score (nSPS) is 13.0. The highest BCUT2D eigenvalue weighted by Gasteiger charge is 2.18. The Morgan fingerprint density at radius 1 is 1.40 bits per heavy atom. The van der Waals surface area contributed by atoms with Crippen molar-refractivity contribution >= 4 is 18.3 Å². The zero-order valence-electron chi connectivity index (χ0n) is 14.5. The van der Waals surface area contributed by atoms with Gasteiger partial charge in [-0.25, -0.2) is 9.07 Å². The number of hydrogen-bond donors (Lipinski definition) is 2. The summed E-state index contributed by atoms with van der Waals surface area (Å²) in [5, 5.41) is 7.26. The van der Waals surface area contributed by atoms with Crippen LogP contribution in [0.5, 0.6) is 0 Å². The molecule has 0 saturated carbocycles. The molecule has 2 rings (SSSR count). The van der Waals surface area contributed by atoms with E-state index in [1.54, 1.807) is 23.0 Å². The number of halogens is 2. The number of amides is 1. The van der Waals surface area contributed by atoms with Gasteiger partial charge in [0, 0.05) is 24.9 Å². The third-order valence-electron chi connectivity index (χ3n) is 3.97. The minimum atomic E-state index is -0.294. The Kier molecular flexibility index (Phi) is 8.02. The molecule has 1 aromatic heterocycles. The number of methoxy groups -OCH3 is 1. The predicted octanol–water partition coefficient (Wildman–Crippen LogP) is 2.28. The van der Waals surface area contributed by atoms with E-state index < -0.39 is 0 Å². The van der Waals surface area contributed by atoms with Gasteiger partial charge in [-0.15, -0.1) is 12.4 Å². The Labute approximate surface area is 152 Å². The van der Waals surface area contributed by atoms with Gasteiger partial charge in [0.25, 0.3) is 0 Å². The van der Waals surface area contributed by atoms with E-state index in [0.717, 1.165) is 16.9 Å². The summed E-state index contributed by atoms with van der Waals surface area (Å²) in [7, 11) is 1.53. The predicted molar refractivity (Wildman–Crippen MR) is 96.5 cm³/mol. The van der Waals surface area contributed by atoms with Crippen molar-refractivity contribution in [2.45, 2.75) is 32.4 Å². The Bertz CT molecular complexity index is 686. The van der Waals surface area contributed by atoms with Crippen LogP contribution in [0.15, 0.2) is 30.5 Å². The van der Waals surface area contributed by atoms with E-state index in [4.69, 9.17) is 10.5 Å². The number of hydrogen-bond acceptors (Lipinski definition) is 4. The summed E-state index contributed by atoms with van der Waals surface area (Å²) in [5.74, 6) is -0.425. The second-order valence-electron chi connectivity index (χ2n) is 5.66. The highest BCUT2D eigenvalue weighted by atomic mass is 35.5. The van der Waals surface area contributed by atoms with Crippen LogP contribution in [-0.4, -0.2) is 35.4 Å². The Balaban J connectivity index is 0.00000312. The molecule has 2 atom stereocenters. The highest BCUT2D eigenvalue weighted by molar-refractivity contribution is 5.85. The molecular formula is C17H24ClFN4O2. The van der Waals surface area contributed by atoms with Gasteiger partial charge in [-0.05, 0) is 38.1 Å². The fourth-order valence-corrected chi connectivity index (χ4v) is 2.54. The molecule has 25 heavy (non-hydrogen) atoms. The van der Waals surface area contributed by atoms with E-state index in [2.05, 4.69) is 10.4 Å². The lowest BCUT2D eigenvalue weighted by Crippen LogP contribution is -2.33. The summed E-state index contributed by atoms with van der Waals surface area (Å²) in [5.41, 5.74) is 8.08. The molecule has 0 aliphatic heterocycles. The van der Waals surface area contributed by atoms with E-state index in [1.165, 1.54) is 19.2 Å². The molecule has 8 heteroatoms. The summed E-state index contributed by atoms with van der Waals surface area (Å²) in [6.45, 7) is 4.09. The minimum absolute atomic E-state index is 0. The number of nitrogens with one attached hydrogen (secondary N) is 1. The zero-order valence-corrected chi connectivity index (χ0v) is 15.3. The van der Waals surface area contributed by atoms with Crippen molar-refractivity contribution in [1.29, 1.82) is 0 Å². The summed E-state index contributed by atoms with van der Waals surface area (Å²) >= 11 is 0. The summed E-state index contributed by atoms with van der Waals surface area (Å²) < 4.78 is 19.9. The summed E-state index contributed by atoms with van der Waals surface area (Å²) in [6.07, 6.45) is 1.63. The number of carbonyl (C=O) groups is 1. The molecule has 1 amide bonds. The molecule has 138 valence electrons. The van der Waals surface area contributed by atoms with Crippen molar-refractivity contribution < 1.29 is 13.9 Å². The Morgan fingerprint density at radius 2 is 2.04 bits per heavy atom. The maximum Gasteiger partial charge on any atom is 0.223 e. The van der Waals surface area contributed by atoms with Crippen LogP contribution in [0, 0.1) is 12.7 Å². The van der Waals surface area contributed by atoms with E-state index in [1.807, 2.05) is 13.8 Å². The Hall–Kier alpha value is -1.96. The van der Waals surface area contributed by atoms with Crippen molar-refractivity contribution in [3.8, 4) is 5.69 Å². The number of benzene rings is 1. The first kappa shape index (κ1) is 21.1. The molecule has 0 bridgehead atoms. The maximum absolute atomic E-state index is 13.0. The van der Waals surface area contributed by atoms with Gasteiger partial charge in [-0.3, -0.25) is 4.79 Å². The second kappa shape index (κ2) is 9.50. The van der Waals surface area contributed by atoms with Crippen LogP contribution >= 0.6 is 12.4 Å². The van der Waals surface area contributed by atoms with Gasteiger partial charge in [-0.1, -0.05) is 0 Å². The average Bonchev–Trinajstić information content (AvgIpc) is 2.95. The quantitative estimate of drug-likeness (QED) is 0.783. The van der Waals surface area contributed by atoms with E-state index in [9.17, 15) is 9.18 Å². The molecule has 6 nitrogen and oxygen atoms in total. The van der Waals surface area contributed by atoms with E-state index in [0.29, 0.717) is 6.54 Å². The minimum Gasteiger partial charge on any atom is -0.380 e. The molecular weight excluding hydrogens is 347 g/mol. The summed E-state index contributed by atoms with van der Waals surface area (Å²) in [6, 6.07) is 5.89. The smallest absolute Gasteiger partial charge is 0.223 e. The van der Waals surface area contributed by atoms with Gasteiger partial charge in [0.05, 0.1) is 30.5 Å². The maximum atomic E-state index is 13.0. The number of nitrogens with two attached hydrogens (primary N) is 1. The SMILES string of the molecule is COC(CN)CC(=O)NC(C)c1cnn(-c2ccc(F)cc2)c1C.Cl.